The molecule has 1 aliphatic carbocycles. The van der Waals surface area contributed by atoms with E-state index in [1.54, 1.807) is 6.92 Å². The van der Waals surface area contributed by atoms with E-state index in [0.29, 0.717) is 23.7 Å². The zero-order valence-corrected chi connectivity index (χ0v) is 11.9. The van der Waals surface area contributed by atoms with Gasteiger partial charge in [-0.2, -0.15) is 5.26 Å². The SMILES string of the molecule is COC(=O)[C@@H]1CCc2cc(C)c(Cl)nc2[C@]1(C)C#N. The number of hydrogen-bond acceptors (Lipinski definition) is 4. The van der Waals surface area contributed by atoms with Gasteiger partial charge in [-0.1, -0.05) is 17.7 Å². The van der Waals surface area contributed by atoms with Gasteiger partial charge in [-0.05, 0) is 37.8 Å². The number of hydrogen-bond donors (Lipinski definition) is 0. The van der Waals surface area contributed by atoms with Crippen LogP contribution in [0.4, 0.5) is 0 Å². The lowest BCUT2D eigenvalue weighted by atomic mass is 9.67. The first-order valence-corrected chi connectivity index (χ1v) is 6.47. The van der Waals surface area contributed by atoms with Crippen LogP contribution in [-0.2, 0) is 21.4 Å². The molecule has 1 aromatic rings. The molecule has 0 saturated heterocycles. The number of pyridine rings is 1. The predicted molar refractivity (Wildman–Crippen MR) is 70.8 cm³/mol. The smallest absolute Gasteiger partial charge is 0.310 e. The number of methoxy groups -OCH3 is 1. The summed E-state index contributed by atoms with van der Waals surface area (Å²) < 4.78 is 4.81. The first-order chi connectivity index (χ1) is 8.93. The van der Waals surface area contributed by atoms with Crippen molar-refractivity contribution in [3.8, 4) is 6.07 Å². The van der Waals surface area contributed by atoms with E-state index >= 15 is 0 Å². The zero-order chi connectivity index (χ0) is 14.2. The third kappa shape index (κ3) is 2.08. The van der Waals surface area contributed by atoms with Crippen molar-refractivity contribution < 1.29 is 9.53 Å². The van der Waals surface area contributed by atoms with Crippen LogP contribution in [0.2, 0.25) is 5.15 Å². The molecule has 2 atom stereocenters. The topological polar surface area (TPSA) is 63.0 Å². The summed E-state index contributed by atoms with van der Waals surface area (Å²) in [6.45, 7) is 3.61. The van der Waals surface area contributed by atoms with Crippen LogP contribution in [0.15, 0.2) is 6.07 Å². The maximum absolute atomic E-state index is 11.9. The van der Waals surface area contributed by atoms with E-state index in [1.165, 1.54) is 7.11 Å². The maximum atomic E-state index is 11.9. The fourth-order valence-corrected chi connectivity index (χ4v) is 2.81. The Labute approximate surface area is 117 Å². The Balaban J connectivity index is 2.60. The van der Waals surface area contributed by atoms with Crippen molar-refractivity contribution in [1.29, 1.82) is 5.26 Å². The third-order valence-electron chi connectivity index (χ3n) is 3.84. The fourth-order valence-electron chi connectivity index (χ4n) is 2.67. The molecule has 1 aliphatic rings. The molecular weight excluding hydrogens is 264 g/mol. The number of nitrogens with zero attached hydrogens (tertiary/aromatic N) is 2. The fraction of sp³-hybridized carbons (Fsp3) is 0.500. The van der Waals surface area contributed by atoms with E-state index in [2.05, 4.69) is 11.1 Å². The number of carbonyl (C=O) groups is 1. The molecule has 0 bridgehead atoms. The van der Waals surface area contributed by atoms with Gasteiger partial charge < -0.3 is 4.74 Å². The number of ether oxygens (including phenoxy) is 1. The Kier molecular flexibility index (Phi) is 3.51. The van der Waals surface area contributed by atoms with Crippen molar-refractivity contribution in [2.24, 2.45) is 5.92 Å². The van der Waals surface area contributed by atoms with Crippen molar-refractivity contribution in [1.82, 2.24) is 4.98 Å². The van der Waals surface area contributed by atoms with Gasteiger partial charge in [0.1, 0.15) is 10.6 Å². The Hall–Kier alpha value is -1.60. The number of nitriles is 1. The van der Waals surface area contributed by atoms with Crippen LogP contribution in [0.5, 0.6) is 0 Å². The lowest BCUT2D eigenvalue weighted by Crippen LogP contribution is -2.41. The molecule has 0 radical (unpaired) electrons. The van der Waals surface area contributed by atoms with Gasteiger partial charge in [-0.3, -0.25) is 4.79 Å². The van der Waals surface area contributed by atoms with E-state index in [9.17, 15) is 10.1 Å². The molecule has 2 rings (SSSR count). The highest BCUT2D eigenvalue weighted by atomic mass is 35.5. The van der Waals surface area contributed by atoms with Crippen LogP contribution in [0.25, 0.3) is 0 Å². The van der Waals surface area contributed by atoms with E-state index in [-0.39, 0.29) is 5.97 Å². The van der Waals surface area contributed by atoms with Gasteiger partial charge in [-0.25, -0.2) is 4.98 Å². The molecule has 0 aromatic carbocycles. The molecule has 19 heavy (non-hydrogen) atoms. The third-order valence-corrected chi connectivity index (χ3v) is 4.22. The summed E-state index contributed by atoms with van der Waals surface area (Å²) in [6, 6.07) is 4.18. The molecular formula is C14H15ClN2O2. The van der Waals surface area contributed by atoms with E-state index < -0.39 is 11.3 Å². The number of fused-ring (bicyclic) bond motifs is 1. The van der Waals surface area contributed by atoms with Crippen LogP contribution in [-0.4, -0.2) is 18.1 Å². The van der Waals surface area contributed by atoms with Crippen LogP contribution in [0.1, 0.15) is 30.2 Å². The molecule has 5 heteroatoms. The van der Waals surface area contributed by atoms with E-state index in [1.807, 2.05) is 13.0 Å². The summed E-state index contributed by atoms with van der Waals surface area (Å²) in [5, 5.41) is 9.91. The second-order valence-electron chi connectivity index (χ2n) is 5.03. The number of esters is 1. The van der Waals surface area contributed by atoms with Crippen molar-refractivity contribution in [2.45, 2.75) is 32.1 Å². The average Bonchev–Trinajstić information content (AvgIpc) is 2.40. The largest absolute Gasteiger partial charge is 0.469 e. The number of halogens is 1. The van der Waals surface area contributed by atoms with Gasteiger partial charge in [0.15, 0.2) is 0 Å². The number of carbonyl (C=O) groups excluding carboxylic acids is 1. The summed E-state index contributed by atoms with van der Waals surface area (Å²) in [7, 11) is 1.34. The minimum Gasteiger partial charge on any atom is -0.469 e. The average molecular weight is 279 g/mol. The first-order valence-electron chi connectivity index (χ1n) is 6.09. The van der Waals surface area contributed by atoms with Gasteiger partial charge in [0.05, 0.1) is 24.8 Å². The van der Waals surface area contributed by atoms with Crippen LogP contribution >= 0.6 is 11.6 Å². The molecule has 0 N–H and O–H groups in total. The molecule has 0 fully saturated rings. The minimum absolute atomic E-state index is 0.367. The Morgan fingerprint density at radius 1 is 1.68 bits per heavy atom. The van der Waals surface area contributed by atoms with Gasteiger partial charge in [0.2, 0.25) is 0 Å². The minimum atomic E-state index is -0.988. The summed E-state index contributed by atoms with van der Waals surface area (Å²) >= 11 is 6.05. The Bertz CT molecular complexity index is 580. The lowest BCUT2D eigenvalue weighted by Gasteiger charge is -2.35. The standard InChI is InChI=1S/C14H15ClN2O2/c1-8-6-9-4-5-10(13(18)19-3)14(2,7-16)11(9)17-12(8)15/h6,10H,4-5H2,1-3H3/t10-,14+/m0/s1. The predicted octanol–water partition coefficient (Wildman–Crippen LogP) is 2.56. The highest BCUT2D eigenvalue weighted by Gasteiger charge is 2.47. The molecule has 100 valence electrons. The normalized spacial score (nSPS) is 25.3. The Morgan fingerprint density at radius 2 is 2.37 bits per heavy atom. The Morgan fingerprint density at radius 3 is 2.95 bits per heavy atom. The summed E-state index contributed by atoms with van der Waals surface area (Å²) in [5.41, 5.74) is 1.49. The summed E-state index contributed by atoms with van der Waals surface area (Å²) in [6.07, 6.45) is 1.30. The summed E-state index contributed by atoms with van der Waals surface area (Å²) in [5.74, 6) is -0.866. The lowest BCUT2D eigenvalue weighted by molar-refractivity contribution is -0.147. The number of aromatic nitrogens is 1. The van der Waals surface area contributed by atoms with E-state index in [0.717, 1.165) is 11.1 Å². The highest BCUT2D eigenvalue weighted by molar-refractivity contribution is 6.30. The van der Waals surface area contributed by atoms with Gasteiger partial charge in [0.25, 0.3) is 0 Å². The maximum Gasteiger partial charge on any atom is 0.310 e. The highest BCUT2D eigenvalue weighted by Crippen LogP contribution is 2.41. The van der Waals surface area contributed by atoms with Crippen LogP contribution < -0.4 is 0 Å². The molecule has 1 aromatic heterocycles. The zero-order valence-electron chi connectivity index (χ0n) is 11.2. The molecule has 0 unspecified atom stereocenters. The molecule has 0 saturated carbocycles. The second-order valence-corrected chi connectivity index (χ2v) is 5.39. The van der Waals surface area contributed by atoms with Crippen molar-refractivity contribution in [3.63, 3.8) is 0 Å². The van der Waals surface area contributed by atoms with E-state index in [4.69, 9.17) is 16.3 Å². The number of aryl methyl sites for hydroxylation is 2. The molecule has 1 heterocycles. The summed E-state index contributed by atoms with van der Waals surface area (Å²) in [4.78, 5) is 16.2. The van der Waals surface area contributed by atoms with Crippen LogP contribution in [0, 0.1) is 24.2 Å². The number of rotatable bonds is 1. The second kappa shape index (κ2) is 4.82. The van der Waals surface area contributed by atoms with Gasteiger partial charge in [-0.15, -0.1) is 0 Å². The van der Waals surface area contributed by atoms with Crippen LogP contribution in [0.3, 0.4) is 0 Å². The first kappa shape index (κ1) is 13.8. The van der Waals surface area contributed by atoms with Crippen molar-refractivity contribution >= 4 is 17.6 Å². The molecule has 0 amide bonds. The molecule has 0 aliphatic heterocycles. The van der Waals surface area contributed by atoms with Gasteiger partial charge >= 0.3 is 5.97 Å². The van der Waals surface area contributed by atoms with Gasteiger partial charge in [0, 0.05) is 0 Å². The molecule has 4 nitrogen and oxygen atoms in total. The van der Waals surface area contributed by atoms with Crippen molar-refractivity contribution in [2.75, 3.05) is 7.11 Å². The van der Waals surface area contributed by atoms with Crippen molar-refractivity contribution in [3.05, 3.63) is 28.0 Å². The quantitative estimate of drug-likeness (QED) is 0.585. The molecule has 0 spiro atoms. The monoisotopic (exact) mass is 278 g/mol.